The molecule has 0 unspecified atom stereocenters. The number of methoxy groups -OCH3 is 1. The smallest absolute Gasteiger partial charge is 0.243 e. The van der Waals surface area contributed by atoms with Gasteiger partial charge in [0.25, 0.3) is 0 Å². The molecule has 7 nitrogen and oxygen atoms in total. The van der Waals surface area contributed by atoms with Crippen molar-refractivity contribution in [3.63, 3.8) is 0 Å². The molecule has 2 aromatic rings. The Bertz CT molecular complexity index is 1030. The van der Waals surface area contributed by atoms with E-state index in [9.17, 15) is 13.2 Å². The number of carbonyl (C=O) groups is 1. The lowest BCUT2D eigenvalue weighted by atomic mass is 9.97. The third-order valence-corrected chi connectivity index (χ3v) is 8.29. The Labute approximate surface area is 190 Å². The van der Waals surface area contributed by atoms with E-state index in [1.165, 1.54) is 23.6 Å². The minimum atomic E-state index is -3.58. The van der Waals surface area contributed by atoms with Crippen LogP contribution in [0.1, 0.15) is 32.1 Å². The summed E-state index contributed by atoms with van der Waals surface area (Å²) >= 11 is 0. The van der Waals surface area contributed by atoms with Gasteiger partial charge in [-0.2, -0.15) is 4.31 Å². The van der Waals surface area contributed by atoms with Crippen LogP contribution >= 0.6 is 0 Å². The van der Waals surface area contributed by atoms with Gasteiger partial charge in [0.1, 0.15) is 5.75 Å². The maximum atomic E-state index is 13.0. The highest BCUT2D eigenvalue weighted by Gasteiger charge is 2.32. The van der Waals surface area contributed by atoms with E-state index in [0.29, 0.717) is 31.7 Å². The number of piperidine rings is 2. The van der Waals surface area contributed by atoms with Crippen molar-refractivity contribution in [1.29, 1.82) is 0 Å². The summed E-state index contributed by atoms with van der Waals surface area (Å²) < 4.78 is 32.5. The molecule has 0 atom stereocenters. The first-order chi connectivity index (χ1) is 15.5. The number of nitrogens with zero attached hydrogens (tertiary/aromatic N) is 2. The lowest BCUT2D eigenvalue weighted by molar-refractivity contribution is -0.120. The third-order valence-electron chi connectivity index (χ3n) is 6.38. The van der Waals surface area contributed by atoms with Crippen LogP contribution in [0.4, 0.5) is 11.4 Å². The van der Waals surface area contributed by atoms with Crippen LogP contribution in [-0.2, 0) is 14.8 Å². The van der Waals surface area contributed by atoms with Crippen LogP contribution in [0.5, 0.6) is 5.75 Å². The van der Waals surface area contributed by atoms with Crippen molar-refractivity contribution in [1.82, 2.24) is 4.31 Å². The van der Waals surface area contributed by atoms with Gasteiger partial charge in [-0.15, -0.1) is 0 Å². The molecule has 172 valence electrons. The van der Waals surface area contributed by atoms with Gasteiger partial charge in [-0.05, 0) is 68.5 Å². The minimum Gasteiger partial charge on any atom is -0.497 e. The Morgan fingerprint density at radius 3 is 2.25 bits per heavy atom. The van der Waals surface area contributed by atoms with E-state index in [1.807, 2.05) is 18.2 Å². The molecular formula is C24H31N3O4S. The van der Waals surface area contributed by atoms with Crippen molar-refractivity contribution in [3.05, 3.63) is 48.5 Å². The average Bonchev–Trinajstić information content (AvgIpc) is 2.85. The second kappa shape index (κ2) is 9.92. The highest BCUT2D eigenvalue weighted by Crippen LogP contribution is 2.30. The minimum absolute atomic E-state index is 0.0315. The second-order valence-electron chi connectivity index (χ2n) is 8.41. The predicted octanol–water partition coefficient (Wildman–Crippen LogP) is 3.72. The maximum Gasteiger partial charge on any atom is 0.243 e. The van der Waals surface area contributed by atoms with Crippen LogP contribution in [0.2, 0.25) is 0 Å². The highest BCUT2D eigenvalue weighted by atomic mass is 32.2. The van der Waals surface area contributed by atoms with Gasteiger partial charge in [0.15, 0.2) is 0 Å². The largest absolute Gasteiger partial charge is 0.497 e. The standard InChI is InChI=1S/C24H31N3O4S/c1-31-20-9-11-21(12-10-20)32(29,30)27-17-13-19(14-18-27)24(28)25-22-7-3-4-8-23(22)26-15-5-2-6-16-26/h3-4,7-12,19H,2,5-6,13-18H2,1H3,(H,25,28). The van der Waals surface area contributed by atoms with Gasteiger partial charge in [-0.25, -0.2) is 8.42 Å². The Morgan fingerprint density at radius 1 is 0.938 bits per heavy atom. The zero-order chi connectivity index (χ0) is 22.6. The molecule has 32 heavy (non-hydrogen) atoms. The Kier molecular flexibility index (Phi) is 7.01. The molecule has 1 amide bonds. The summed E-state index contributed by atoms with van der Waals surface area (Å²) in [5, 5.41) is 3.11. The fourth-order valence-corrected chi connectivity index (χ4v) is 5.95. The molecule has 2 fully saturated rings. The topological polar surface area (TPSA) is 79.0 Å². The molecule has 2 saturated heterocycles. The van der Waals surface area contributed by atoms with Crippen molar-refractivity contribution in [2.45, 2.75) is 37.0 Å². The number of nitrogens with one attached hydrogen (secondary N) is 1. The van der Waals surface area contributed by atoms with Gasteiger partial charge in [-0.1, -0.05) is 12.1 Å². The fourth-order valence-electron chi connectivity index (χ4n) is 4.48. The molecule has 8 heteroatoms. The molecule has 2 heterocycles. The molecular weight excluding hydrogens is 426 g/mol. The van der Waals surface area contributed by atoms with Crippen molar-refractivity contribution < 1.29 is 17.9 Å². The normalized spacial score (nSPS) is 18.3. The summed E-state index contributed by atoms with van der Waals surface area (Å²) in [7, 11) is -2.03. The van der Waals surface area contributed by atoms with Crippen LogP contribution in [0.25, 0.3) is 0 Å². The molecule has 0 spiro atoms. The molecule has 2 aromatic carbocycles. The van der Waals surface area contributed by atoms with Gasteiger partial charge in [0.05, 0.1) is 23.4 Å². The van der Waals surface area contributed by atoms with Crippen LogP contribution in [-0.4, -0.2) is 51.9 Å². The molecule has 0 saturated carbocycles. The first kappa shape index (κ1) is 22.6. The molecule has 2 aliphatic heterocycles. The van der Waals surface area contributed by atoms with E-state index in [2.05, 4.69) is 16.3 Å². The monoisotopic (exact) mass is 457 g/mol. The highest BCUT2D eigenvalue weighted by molar-refractivity contribution is 7.89. The van der Waals surface area contributed by atoms with Crippen LogP contribution in [0, 0.1) is 5.92 Å². The van der Waals surface area contributed by atoms with E-state index < -0.39 is 10.0 Å². The van der Waals surface area contributed by atoms with Crippen LogP contribution < -0.4 is 15.0 Å². The lowest BCUT2D eigenvalue weighted by Crippen LogP contribution is -2.41. The maximum absolute atomic E-state index is 13.0. The molecule has 4 rings (SSSR count). The van der Waals surface area contributed by atoms with E-state index in [0.717, 1.165) is 24.5 Å². The van der Waals surface area contributed by atoms with Gasteiger partial charge < -0.3 is 15.0 Å². The number of sulfonamides is 1. The SMILES string of the molecule is COc1ccc(S(=O)(=O)N2CCC(C(=O)Nc3ccccc3N3CCCCC3)CC2)cc1. The number of hydrogen-bond donors (Lipinski definition) is 1. The lowest BCUT2D eigenvalue weighted by Gasteiger charge is -2.32. The number of benzene rings is 2. The van der Waals surface area contributed by atoms with Gasteiger partial charge in [0.2, 0.25) is 15.9 Å². The van der Waals surface area contributed by atoms with Gasteiger partial charge in [-0.3, -0.25) is 4.79 Å². The van der Waals surface area contributed by atoms with Crippen LogP contribution in [0.3, 0.4) is 0 Å². The van der Waals surface area contributed by atoms with Crippen molar-refractivity contribution in [2.24, 2.45) is 5.92 Å². The average molecular weight is 458 g/mol. The summed E-state index contributed by atoms with van der Waals surface area (Å²) in [4.78, 5) is 15.6. The number of para-hydroxylation sites is 2. The van der Waals surface area contributed by atoms with Gasteiger partial charge >= 0.3 is 0 Å². The van der Waals surface area contributed by atoms with Crippen molar-refractivity contribution in [2.75, 3.05) is 43.5 Å². The number of anilines is 2. The summed E-state index contributed by atoms with van der Waals surface area (Å²) in [6.07, 6.45) is 4.61. The Balaban J connectivity index is 1.38. The Morgan fingerprint density at radius 2 is 1.59 bits per heavy atom. The van der Waals surface area contributed by atoms with Crippen LogP contribution in [0.15, 0.2) is 53.4 Å². The number of rotatable bonds is 6. The third kappa shape index (κ3) is 4.91. The summed E-state index contributed by atoms with van der Waals surface area (Å²) in [6, 6.07) is 14.4. The number of carbonyl (C=O) groups excluding carboxylic acids is 1. The molecule has 2 aliphatic rings. The fraction of sp³-hybridized carbons (Fsp3) is 0.458. The zero-order valence-electron chi connectivity index (χ0n) is 18.5. The van der Waals surface area contributed by atoms with Crippen molar-refractivity contribution in [3.8, 4) is 5.75 Å². The number of hydrogen-bond acceptors (Lipinski definition) is 5. The summed E-state index contributed by atoms with van der Waals surface area (Å²) in [5.41, 5.74) is 1.91. The van der Waals surface area contributed by atoms with Gasteiger partial charge in [0, 0.05) is 32.1 Å². The zero-order valence-corrected chi connectivity index (χ0v) is 19.3. The summed E-state index contributed by atoms with van der Waals surface area (Å²) in [5.74, 6) is 0.381. The number of ether oxygens (including phenoxy) is 1. The summed E-state index contributed by atoms with van der Waals surface area (Å²) in [6.45, 7) is 2.68. The van der Waals surface area contributed by atoms with E-state index in [4.69, 9.17) is 4.74 Å². The quantitative estimate of drug-likeness (QED) is 0.715. The number of amides is 1. The molecule has 1 N–H and O–H groups in total. The molecule has 0 aliphatic carbocycles. The predicted molar refractivity (Wildman–Crippen MR) is 126 cm³/mol. The molecule has 0 bridgehead atoms. The van der Waals surface area contributed by atoms with E-state index in [1.54, 1.807) is 31.4 Å². The molecule has 0 aromatic heterocycles. The first-order valence-electron chi connectivity index (χ1n) is 11.3. The van der Waals surface area contributed by atoms with E-state index >= 15 is 0 Å². The van der Waals surface area contributed by atoms with E-state index in [-0.39, 0.29) is 16.7 Å². The Hall–Kier alpha value is -2.58. The first-order valence-corrected chi connectivity index (χ1v) is 12.7. The van der Waals surface area contributed by atoms with Crippen molar-refractivity contribution >= 4 is 27.3 Å². The molecule has 0 radical (unpaired) electrons. The second-order valence-corrected chi connectivity index (χ2v) is 10.3.